The molecule has 0 amide bonds. The molecule has 1 aliphatic carbocycles. The molecular weight excluding hydrogens is 251 g/mol. The van der Waals surface area contributed by atoms with E-state index in [1.807, 2.05) is 6.07 Å². The zero-order valence-electron chi connectivity index (χ0n) is 10.6. The van der Waals surface area contributed by atoms with Gasteiger partial charge in [0.25, 0.3) is 0 Å². The summed E-state index contributed by atoms with van der Waals surface area (Å²) in [6, 6.07) is 5.12. The molecule has 0 radical (unpaired) electrons. The van der Waals surface area contributed by atoms with Gasteiger partial charge in [-0.25, -0.2) is 4.39 Å². The van der Waals surface area contributed by atoms with Gasteiger partial charge in [-0.15, -0.1) is 0 Å². The topological polar surface area (TPSA) is 38.0 Å². The molecule has 0 heterocycles. The minimum atomic E-state index is -0.357. The van der Waals surface area contributed by atoms with E-state index < -0.39 is 0 Å². The summed E-state index contributed by atoms with van der Waals surface area (Å²) >= 11 is 5.99. The van der Waals surface area contributed by atoms with Crippen molar-refractivity contribution in [3.05, 3.63) is 34.6 Å². The zero-order valence-corrected chi connectivity index (χ0v) is 11.4. The summed E-state index contributed by atoms with van der Waals surface area (Å²) in [5.41, 5.74) is 3.72. The Labute approximate surface area is 113 Å². The van der Waals surface area contributed by atoms with Crippen LogP contribution in [0.25, 0.3) is 0 Å². The smallest absolute Gasteiger partial charge is 0.142 e. The van der Waals surface area contributed by atoms with Crippen molar-refractivity contribution in [2.75, 3.05) is 0 Å². The first-order chi connectivity index (χ1) is 8.63. The summed E-state index contributed by atoms with van der Waals surface area (Å²) in [6.45, 7) is 2.26. The minimum absolute atomic E-state index is 0.168. The van der Waals surface area contributed by atoms with Crippen molar-refractivity contribution in [2.24, 2.45) is 17.7 Å². The van der Waals surface area contributed by atoms with E-state index >= 15 is 0 Å². The summed E-state index contributed by atoms with van der Waals surface area (Å²) in [5, 5.41) is 0.225. The molecule has 0 aliphatic heterocycles. The average molecular weight is 271 g/mol. The number of hydrogen-bond acceptors (Lipinski definition) is 2. The fourth-order valence-corrected chi connectivity index (χ4v) is 3.25. The Morgan fingerprint density at radius 2 is 2.28 bits per heavy atom. The maximum absolute atomic E-state index is 13.4. The number of nitrogens with two attached hydrogens (primary N) is 1. The quantitative estimate of drug-likeness (QED) is 0.651. The molecule has 1 fully saturated rings. The van der Waals surface area contributed by atoms with Crippen molar-refractivity contribution >= 4 is 11.6 Å². The Morgan fingerprint density at radius 3 is 2.89 bits per heavy atom. The van der Waals surface area contributed by atoms with Crippen LogP contribution in [0.5, 0.6) is 0 Å². The molecule has 18 heavy (non-hydrogen) atoms. The van der Waals surface area contributed by atoms with E-state index in [9.17, 15) is 4.39 Å². The third-order valence-electron chi connectivity index (χ3n) is 4.13. The van der Waals surface area contributed by atoms with Gasteiger partial charge >= 0.3 is 0 Å². The van der Waals surface area contributed by atoms with E-state index in [4.69, 9.17) is 17.4 Å². The van der Waals surface area contributed by atoms with Gasteiger partial charge in [0.2, 0.25) is 0 Å². The van der Waals surface area contributed by atoms with Crippen molar-refractivity contribution < 1.29 is 4.39 Å². The van der Waals surface area contributed by atoms with Crippen LogP contribution < -0.4 is 11.3 Å². The molecule has 2 nitrogen and oxygen atoms in total. The summed E-state index contributed by atoms with van der Waals surface area (Å²) < 4.78 is 13.4. The monoisotopic (exact) mass is 270 g/mol. The lowest BCUT2D eigenvalue weighted by Gasteiger charge is -2.26. The number of nitrogens with one attached hydrogen (secondary N) is 1. The van der Waals surface area contributed by atoms with Crippen LogP contribution in [-0.2, 0) is 6.42 Å². The molecule has 1 saturated carbocycles. The van der Waals surface area contributed by atoms with Gasteiger partial charge in [-0.2, -0.15) is 0 Å². The molecule has 3 atom stereocenters. The van der Waals surface area contributed by atoms with Crippen molar-refractivity contribution in [1.82, 2.24) is 5.43 Å². The molecular formula is C14H20ClFN2. The second-order valence-electron chi connectivity index (χ2n) is 5.26. The maximum Gasteiger partial charge on any atom is 0.142 e. The number of benzene rings is 1. The first-order valence-corrected chi connectivity index (χ1v) is 6.90. The largest absolute Gasteiger partial charge is 0.271 e. The van der Waals surface area contributed by atoms with Crippen LogP contribution in [0.2, 0.25) is 5.02 Å². The molecule has 1 aromatic carbocycles. The highest BCUT2D eigenvalue weighted by Gasteiger charge is 2.30. The van der Waals surface area contributed by atoms with Crippen LogP contribution in [0, 0.1) is 17.7 Å². The molecule has 0 spiro atoms. The molecule has 0 aromatic heterocycles. The van der Waals surface area contributed by atoms with Gasteiger partial charge in [0.15, 0.2) is 0 Å². The van der Waals surface area contributed by atoms with E-state index in [1.54, 1.807) is 6.07 Å². The second kappa shape index (κ2) is 6.00. The second-order valence-corrected chi connectivity index (χ2v) is 5.64. The summed E-state index contributed by atoms with van der Waals surface area (Å²) in [4.78, 5) is 0. The lowest BCUT2D eigenvalue weighted by molar-refractivity contribution is 0.297. The van der Waals surface area contributed by atoms with E-state index in [0.29, 0.717) is 18.3 Å². The van der Waals surface area contributed by atoms with Gasteiger partial charge in [-0.1, -0.05) is 43.5 Å². The van der Waals surface area contributed by atoms with Crippen molar-refractivity contribution in [1.29, 1.82) is 0 Å². The van der Waals surface area contributed by atoms with Crippen LogP contribution in [0.1, 0.15) is 31.7 Å². The van der Waals surface area contributed by atoms with Gasteiger partial charge in [0.1, 0.15) is 5.82 Å². The van der Waals surface area contributed by atoms with Gasteiger partial charge in [0.05, 0.1) is 5.02 Å². The Kier molecular flexibility index (Phi) is 4.60. The molecule has 0 saturated heterocycles. The summed E-state index contributed by atoms with van der Waals surface area (Å²) in [7, 11) is 0. The Morgan fingerprint density at radius 1 is 1.50 bits per heavy atom. The highest BCUT2D eigenvalue weighted by atomic mass is 35.5. The highest BCUT2D eigenvalue weighted by Crippen LogP contribution is 2.35. The standard InChI is InChI=1S/C14H20ClFN2/c1-9-4-2-6-11(9)13(18-17)8-10-5-3-7-12(16)14(10)15/h3,5,7,9,11,13,18H,2,4,6,8,17H2,1H3. The Balaban J connectivity index is 2.12. The first-order valence-electron chi connectivity index (χ1n) is 6.52. The van der Waals surface area contributed by atoms with Gasteiger partial charge in [-0.05, 0) is 36.3 Å². The van der Waals surface area contributed by atoms with Gasteiger partial charge in [-0.3, -0.25) is 11.3 Å². The number of hydrazine groups is 1. The molecule has 1 aromatic rings. The predicted octanol–water partition coefficient (Wildman–Crippen LogP) is 3.29. The molecule has 100 valence electrons. The van der Waals surface area contributed by atoms with Gasteiger partial charge < -0.3 is 0 Å². The normalized spacial score (nSPS) is 25.3. The molecule has 2 rings (SSSR count). The van der Waals surface area contributed by atoms with Crippen molar-refractivity contribution in [2.45, 2.75) is 38.6 Å². The number of rotatable bonds is 4. The average Bonchev–Trinajstić information content (AvgIpc) is 2.77. The predicted molar refractivity (Wildman–Crippen MR) is 72.7 cm³/mol. The van der Waals surface area contributed by atoms with Crippen LogP contribution in [0.4, 0.5) is 4.39 Å². The van der Waals surface area contributed by atoms with Crippen LogP contribution in [0.3, 0.4) is 0 Å². The van der Waals surface area contributed by atoms with E-state index in [-0.39, 0.29) is 16.9 Å². The SMILES string of the molecule is CC1CCCC1C(Cc1cccc(F)c1Cl)NN. The zero-order chi connectivity index (χ0) is 13.1. The fourth-order valence-electron chi connectivity index (χ4n) is 3.05. The summed E-state index contributed by atoms with van der Waals surface area (Å²) in [5.74, 6) is 6.52. The lowest BCUT2D eigenvalue weighted by Crippen LogP contribution is -2.43. The Bertz CT molecular complexity index is 411. The molecule has 3 unspecified atom stereocenters. The lowest BCUT2D eigenvalue weighted by atomic mass is 9.87. The van der Waals surface area contributed by atoms with Crippen LogP contribution >= 0.6 is 11.6 Å². The fraction of sp³-hybridized carbons (Fsp3) is 0.571. The van der Waals surface area contributed by atoms with Crippen LogP contribution in [-0.4, -0.2) is 6.04 Å². The third-order valence-corrected chi connectivity index (χ3v) is 4.55. The van der Waals surface area contributed by atoms with E-state index in [0.717, 1.165) is 5.56 Å². The number of hydrogen-bond donors (Lipinski definition) is 2. The van der Waals surface area contributed by atoms with Gasteiger partial charge in [0, 0.05) is 6.04 Å². The van der Waals surface area contributed by atoms with E-state index in [1.165, 1.54) is 25.3 Å². The minimum Gasteiger partial charge on any atom is -0.271 e. The third kappa shape index (κ3) is 2.85. The Hall–Kier alpha value is -0.640. The maximum atomic E-state index is 13.4. The van der Waals surface area contributed by atoms with Crippen molar-refractivity contribution in [3.63, 3.8) is 0 Å². The highest BCUT2D eigenvalue weighted by molar-refractivity contribution is 6.31. The molecule has 0 bridgehead atoms. The molecule has 3 N–H and O–H groups in total. The van der Waals surface area contributed by atoms with Crippen molar-refractivity contribution in [3.8, 4) is 0 Å². The molecule has 4 heteroatoms. The van der Waals surface area contributed by atoms with E-state index in [2.05, 4.69) is 12.3 Å². The number of halogens is 2. The first kappa shape index (κ1) is 13.8. The molecule has 1 aliphatic rings. The van der Waals surface area contributed by atoms with Crippen LogP contribution in [0.15, 0.2) is 18.2 Å². The summed E-state index contributed by atoms with van der Waals surface area (Å²) in [6.07, 6.45) is 4.37.